The van der Waals surface area contributed by atoms with Crippen molar-refractivity contribution in [1.82, 2.24) is 0 Å². The third kappa shape index (κ3) is 1.12. The summed E-state index contributed by atoms with van der Waals surface area (Å²) in [6, 6.07) is 0. The Morgan fingerprint density at radius 2 is 2.27 bits per heavy atom. The van der Waals surface area contributed by atoms with Gasteiger partial charge in [0.25, 0.3) is 0 Å². The molecule has 2 bridgehead atoms. The van der Waals surface area contributed by atoms with Gasteiger partial charge in [-0.1, -0.05) is 0 Å². The molecule has 2 fully saturated rings. The number of carbonyl (C=O) groups is 1. The molecule has 0 aliphatic carbocycles. The molecule has 2 aliphatic heterocycles. The third-order valence-electron chi connectivity index (χ3n) is 2.19. The Morgan fingerprint density at radius 3 is 3.09 bits per heavy atom. The van der Waals surface area contributed by atoms with Crippen LogP contribution in [0.2, 0.25) is 0 Å². The summed E-state index contributed by atoms with van der Waals surface area (Å²) in [4.78, 5) is 11.0. The highest BCUT2D eigenvalue weighted by Crippen LogP contribution is 2.26. The summed E-state index contributed by atoms with van der Waals surface area (Å²) in [5, 5.41) is 9.29. The number of carbonyl (C=O) groups excluding carboxylic acids is 1. The molecule has 0 radical (unpaired) electrons. The highest BCUT2D eigenvalue weighted by molar-refractivity contribution is 5.73. The van der Waals surface area contributed by atoms with E-state index in [4.69, 9.17) is 9.47 Å². The van der Waals surface area contributed by atoms with Gasteiger partial charge >= 0.3 is 5.97 Å². The lowest BCUT2D eigenvalue weighted by Gasteiger charge is -2.15. The fraction of sp³-hybridized carbons (Fsp3) is 0.857. The van der Waals surface area contributed by atoms with Crippen LogP contribution in [-0.2, 0) is 14.3 Å². The molecule has 2 heterocycles. The van der Waals surface area contributed by atoms with Crippen molar-refractivity contribution in [3.63, 3.8) is 0 Å². The van der Waals surface area contributed by atoms with Crippen molar-refractivity contribution < 1.29 is 19.4 Å². The van der Waals surface area contributed by atoms with Gasteiger partial charge in [0, 0.05) is 0 Å². The minimum absolute atomic E-state index is 0.0833. The number of ether oxygens (including phenoxy) is 2. The zero-order valence-corrected chi connectivity index (χ0v) is 6.03. The van der Waals surface area contributed by atoms with Crippen LogP contribution in [0.4, 0.5) is 0 Å². The van der Waals surface area contributed by atoms with Gasteiger partial charge in [0.15, 0.2) is 0 Å². The van der Waals surface area contributed by atoms with Gasteiger partial charge in [-0.25, -0.2) is 0 Å². The van der Waals surface area contributed by atoms with Gasteiger partial charge in [-0.2, -0.15) is 0 Å². The summed E-state index contributed by atoms with van der Waals surface area (Å²) < 4.78 is 9.97. The predicted molar refractivity (Wildman–Crippen MR) is 34.8 cm³/mol. The zero-order valence-electron chi connectivity index (χ0n) is 6.03. The molecule has 0 aromatic rings. The van der Waals surface area contributed by atoms with E-state index >= 15 is 0 Å². The molecule has 2 saturated heterocycles. The van der Waals surface area contributed by atoms with Crippen LogP contribution in [0.1, 0.15) is 6.42 Å². The summed E-state index contributed by atoms with van der Waals surface area (Å²) >= 11 is 0. The average molecular weight is 158 g/mol. The Balaban J connectivity index is 2.13. The second-order valence-electron chi connectivity index (χ2n) is 3.00. The molecule has 2 aliphatic rings. The Labute approximate surface area is 64.1 Å². The number of cyclic esters (lactones) is 1. The number of aliphatic hydroxyl groups is 1. The second kappa shape index (κ2) is 2.46. The van der Waals surface area contributed by atoms with Crippen molar-refractivity contribution in [3.8, 4) is 0 Å². The second-order valence-corrected chi connectivity index (χ2v) is 3.00. The van der Waals surface area contributed by atoms with E-state index in [0.717, 1.165) is 0 Å². The van der Waals surface area contributed by atoms with E-state index in [1.807, 2.05) is 0 Å². The highest BCUT2D eigenvalue weighted by atomic mass is 16.6. The largest absolute Gasteiger partial charge is 0.463 e. The van der Waals surface area contributed by atoms with Crippen LogP contribution in [0.25, 0.3) is 0 Å². The molecule has 2 rings (SSSR count). The van der Waals surface area contributed by atoms with Crippen LogP contribution >= 0.6 is 0 Å². The van der Waals surface area contributed by atoms with Crippen molar-refractivity contribution in [3.05, 3.63) is 0 Å². The first kappa shape index (κ1) is 7.06. The van der Waals surface area contributed by atoms with Gasteiger partial charge in [-0.15, -0.1) is 0 Å². The first-order valence-corrected chi connectivity index (χ1v) is 3.73. The van der Waals surface area contributed by atoms with Crippen LogP contribution < -0.4 is 0 Å². The Morgan fingerprint density at radius 1 is 1.45 bits per heavy atom. The van der Waals surface area contributed by atoms with Crippen molar-refractivity contribution in [1.29, 1.82) is 0 Å². The maximum Gasteiger partial charge on any atom is 0.311 e. The molecule has 0 spiro atoms. The normalized spacial score (nSPS) is 43.4. The van der Waals surface area contributed by atoms with Gasteiger partial charge in [0.2, 0.25) is 0 Å². The van der Waals surface area contributed by atoms with E-state index in [-0.39, 0.29) is 24.6 Å². The minimum Gasteiger partial charge on any atom is -0.463 e. The Kier molecular flexibility index (Phi) is 1.58. The number of fused-ring (bicyclic) bond motifs is 2. The summed E-state index contributed by atoms with van der Waals surface area (Å²) in [6.07, 6.45) is -0.210. The maximum atomic E-state index is 11.0. The molecule has 0 saturated carbocycles. The van der Waals surface area contributed by atoms with Gasteiger partial charge in [0.1, 0.15) is 12.7 Å². The lowest BCUT2D eigenvalue weighted by Crippen LogP contribution is -2.30. The number of esters is 1. The van der Waals surface area contributed by atoms with Gasteiger partial charge in [-0.05, 0) is 6.42 Å². The van der Waals surface area contributed by atoms with Crippen LogP contribution in [0, 0.1) is 5.92 Å². The predicted octanol–water partition coefficient (Wildman–Crippen LogP) is -0.691. The molecular formula is C7H10O4. The molecule has 0 aromatic carbocycles. The van der Waals surface area contributed by atoms with E-state index in [0.29, 0.717) is 13.0 Å². The Hall–Kier alpha value is -0.610. The van der Waals surface area contributed by atoms with E-state index < -0.39 is 6.10 Å². The van der Waals surface area contributed by atoms with Crippen LogP contribution in [0.5, 0.6) is 0 Å². The van der Waals surface area contributed by atoms with Crippen molar-refractivity contribution in [2.75, 3.05) is 13.2 Å². The number of aliphatic hydroxyl groups excluding tert-OH is 1. The van der Waals surface area contributed by atoms with Gasteiger partial charge in [0.05, 0.1) is 18.6 Å². The molecule has 62 valence electrons. The van der Waals surface area contributed by atoms with Crippen LogP contribution in [-0.4, -0.2) is 36.5 Å². The number of hydrogen-bond donors (Lipinski definition) is 1. The van der Waals surface area contributed by atoms with Crippen molar-refractivity contribution in [2.45, 2.75) is 18.6 Å². The maximum absolute atomic E-state index is 11.0. The van der Waals surface area contributed by atoms with E-state index in [1.165, 1.54) is 0 Å². The van der Waals surface area contributed by atoms with Crippen LogP contribution in [0.3, 0.4) is 0 Å². The topological polar surface area (TPSA) is 55.8 Å². The third-order valence-corrected chi connectivity index (χ3v) is 2.19. The van der Waals surface area contributed by atoms with E-state index in [9.17, 15) is 9.90 Å². The average Bonchev–Trinajstić information content (AvgIpc) is 2.42. The molecular weight excluding hydrogens is 148 g/mol. The lowest BCUT2D eigenvalue weighted by atomic mass is 10.1. The van der Waals surface area contributed by atoms with E-state index in [1.54, 1.807) is 0 Å². The standard InChI is InChI=1S/C7H10O4/c8-5-3-11-7(9)4-1-6(5)10-2-4/h4-6,8H,1-3H2/t4-,5-,6+/m0/s1. The monoisotopic (exact) mass is 158 g/mol. The first-order chi connectivity index (χ1) is 5.27. The SMILES string of the molecule is O=C1OC[C@H](O)[C@H]2C[C@H]1CO2. The molecule has 0 amide bonds. The fourth-order valence-corrected chi connectivity index (χ4v) is 1.48. The first-order valence-electron chi connectivity index (χ1n) is 3.73. The summed E-state index contributed by atoms with van der Waals surface area (Å²) in [7, 11) is 0. The van der Waals surface area contributed by atoms with Crippen molar-refractivity contribution in [2.24, 2.45) is 5.92 Å². The molecule has 11 heavy (non-hydrogen) atoms. The molecule has 4 nitrogen and oxygen atoms in total. The fourth-order valence-electron chi connectivity index (χ4n) is 1.48. The van der Waals surface area contributed by atoms with Gasteiger partial charge < -0.3 is 14.6 Å². The Bertz CT molecular complexity index is 179. The van der Waals surface area contributed by atoms with Crippen molar-refractivity contribution >= 4 is 5.97 Å². The summed E-state index contributed by atoms with van der Waals surface area (Å²) in [6.45, 7) is 0.487. The molecule has 0 aromatic heterocycles. The van der Waals surface area contributed by atoms with Crippen LogP contribution in [0.15, 0.2) is 0 Å². The molecule has 1 N–H and O–H groups in total. The molecule has 3 atom stereocenters. The van der Waals surface area contributed by atoms with E-state index in [2.05, 4.69) is 0 Å². The summed E-state index contributed by atoms with van der Waals surface area (Å²) in [5.41, 5.74) is 0. The number of hydrogen-bond acceptors (Lipinski definition) is 4. The smallest absolute Gasteiger partial charge is 0.311 e. The molecule has 4 heteroatoms. The zero-order chi connectivity index (χ0) is 7.84. The number of rotatable bonds is 0. The quantitative estimate of drug-likeness (QED) is 0.474. The minimum atomic E-state index is -0.633. The van der Waals surface area contributed by atoms with Gasteiger partial charge in [-0.3, -0.25) is 4.79 Å². The highest BCUT2D eigenvalue weighted by Gasteiger charge is 2.39. The lowest BCUT2D eigenvalue weighted by molar-refractivity contribution is -0.154. The molecule has 0 unspecified atom stereocenters. The summed E-state index contributed by atoms with van der Waals surface area (Å²) in [5.74, 6) is -0.374.